The lowest BCUT2D eigenvalue weighted by molar-refractivity contribution is -0.114. The van der Waals surface area contributed by atoms with E-state index in [-0.39, 0.29) is 18.1 Å². The quantitative estimate of drug-likeness (QED) is 0.832. The largest absolute Gasteiger partial charge is 0.378 e. The van der Waals surface area contributed by atoms with Crippen molar-refractivity contribution in [3.8, 4) is 0 Å². The minimum atomic E-state index is -1.01. The van der Waals surface area contributed by atoms with E-state index in [1.807, 2.05) is 6.07 Å². The number of morpholine rings is 1. The zero-order chi connectivity index (χ0) is 18.5. The second-order valence-electron chi connectivity index (χ2n) is 5.79. The maximum absolute atomic E-state index is 13.2. The van der Waals surface area contributed by atoms with Crippen LogP contribution in [0.25, 0.3) is 0 Å². The number of benzene rings is 2. The van der Waals surface area contributed by atoms with E-state index in [0.29, 0.717) is 18.2 Å². The Kier molecular flexibility index (Phi) is 5.90. The van der Waals surface area contributed by atoms with Crippen LogP contribution in [0, 0.1) is 11.6 Å². The summed E-state index contributed by atoms with van der Waals surface area (Å²) in [4.78, 5) is 14.2. The molecule has 138 valence electrons. The molecule has 0 atom stereocenters. The normalized spacial score (nSPS) is 14.2. The number of carbonyl (C=O) groups excluding carboxylic acids is 1. The van der Waals surface area contributed by atoms with E-state index in [0.717, 1.165) is 36.6 Å². The Morgan fingerprint density at radius 2 is 1.88 bits per heavy atom. The van der Waals surface area contributed by atoms with Crippen LogP contribution in [0.5, 0.6) is 0 Å². The standard InChI is InChI=1S/C18H18ClF2N3O2/c19-12-1-4-17(24-5-7-26-8-6-24)16(9-12)22-11-18(25)23-13-2-3-14(20)15(21)10-13/h1-4,9-10,22H,5-8,11H2,(H,23,25). The molecule has 0 unspecified atom stereocenters. The first kappa shape index (κ1) is 18.4. The fourth-order valence-corrected chi connectivity index (χ4v) is 2.86. The molecule has 1 fully saturated rings. The van der Waals surface area contributed by atoms with Crippen LogP contribution in [-0.4, -0.2) is 38.8 Å². The highest BCUT2D eigenvalue weighted by atomic mass is 35.5. The second-order valence-corrected chi connectivity index (χ2v) is 6.23. The molecule has 1 aliphatic rings. The second kappa shape index (κ2) is 8.33. The molecule has 26 heavy (non-hydrogen) atoms. The van der Waals surface area contributed by atoms with Crippen molar-refractivity contribution in [3.05, 3.63) is 53.1 Å². The van der Waals surface area contributed by atoms with E-state index in [1.54, 1.807) is 12.1 Å². The number of hydrogen-bond acceptors (Lipinski definition) is 4. The van der Waals surface area contributed by atoms with Gasteiger partial charge in [0.1, 0.15) is 0 Å². The first-order valence-electron chi connectivity index (χ1n) is 8.14. The van der Waals surface area contributed by atoms with Gasteiger partial charge in [0.2, 0.25) is 5.91 Å². The van der Waals surface area contributed by atoms with Crippen LogP contribution < -0.4 is 15.5 Å². The van der Waals surface area contributed by atoms with Gasteiger partial charge in [-0.25, -0.2) is 8.78 Å². The highest BCUT2D eigenvalue weighted by Crippen LogP contribution is 2.29. The molecular formula is C18H18ClF2N3O2. The SMILES string of the molecule is O=C(CNc1cc(Cl)ccc1N1CCOCC1)Nc1ccc(F)c(F)c1. The molecule has 1 saturated heterocycles. The maximum Gasteiger partial charge on any atom is 0.243 e. The van der Waals surface area contributed by atoms with Crippen molar-refractivity contribution in [1.82, 2.24) is 0 Å². The predicted octanol–water partition coefficient (Wildman–Crippen LogP) is 3.51. The maximum atomic E-state index is 13.2. The number of nitrogens with one attached hydrogen (secondary N) is 2. The Balaban J connectivity index is 1.65. The third-order valence-corrected chi connectivity index (χ3v) is 4.19. The first-order chi connectivity index (χ1) is 12.5. The number of amides is 1. The third kappa shape index (κ3) is 4.62. The van der Waals surface area contributed by atoms with Crippen LogP contribution in [-0.2, 0) is 9.53 Å². The van der Waals surface area contributed by atoms with Crippen LogP contribution in [0.15, 0.2) is 36.4 Å². The molecule has 2 N–H and O–H groups in total. The van der Waals surface area contributed by atoms with Crippen molar-refractivity contribution in [3.63, 3.8) is 0 Å². The van der Waals surface area contributed by atoms with Crippen LogP contribution in [0.4, 0.5) is 25.8 Å². The van der Waals surface area contributed by atoms with Gasteiger partial charge in [-0.15, -0.1) is 0 Å². The molecule has 0 radical (unpaired) electrons. The topological polar surface area (TPSA) is 53.6 Å². The number of halogens is 3. The lowest BCUT2D eigenvalue weighted by Crippen LogP contribution is -2.36. The van der Waals surface area contributed by atoms with Gasteiger partial charge in [0.05, 0.1) is 31.1 Å². The van der Waals surface area contributed by atoms with Crippen LogP contribution >= 0.6 is 11.6 Å². The van der Waals surface area contributed by atoms with Crippen molar-refractivity contribution in [1.29, 1.82) is 0 Å². The van der Waals surface area contributed by atoms with Crippen molar-refractivity contribution in [2.45, 2.75) is 0 Å². The molecule has 1 amide bonds. The van der Waals surface area contributed by atoms with Gasteiger partial charge in [-0.05, 0) is 30.3 Å². The molecule has 0 saturated carbocycles. The average molecular weight is 382 g/mol. The number of anilines is 3. The monoisotopic (exact) mass is 381 g/mol. The van der Waals surface area contributed by atoms with E-state index < -0.39 is 11.6 Å². The molecule has 0 bridgehead atoms. The summed E-state index contributed by atoms with van der Waals surface area (Å²) in [7, 11) is 0. The summed E-state index contributed by atoms with van der Waals surface area (Å²) in [5, 5.41) is 6.12. The van der Waals surface area contributed by atoms with Crippen molar-refractivity contribution in [2.75, 3.05) is 48.4 Å². The fourth-order valence-electron chi connectivity index (χ4n) is 2.68. The van der Waals surface area contributed by atoms with E-state index >= 15 is 0 Å². The Hall–Kier alpha value is -2.38. The Labute approximate surface area is 154 Å². The van der Waals surface area contributed by atoms with Crippen LogP contribution in [0.1, 0.15) is 0 Å². The molecule has 1 heterocycles. The van der Waals surface area contributed by atoms with Crippen molar-refractivity contribution < 1.29 is 18.3 Å². The van der Waals surface area contributed by atoms with Gasteiger partial charge in [-0.2, -0.15) is 0 Å². The van der Waals surface area contributed by atoms with E-state index in [1.165, 1.54) is 6.07 Å². The predicted molar refractivity (Wildman–Crippen MR) is 98.0 cm³/mol. The zero-order valence-corrected chi connectivity index (χ0v) is 14.7. The molecule has 0 aromatic heterocycles. The smallest absolute Gasteiger partial charge is 0.243 e. The van der Waals surface area contributed by atoms with Gasteiger partial charge in [-0.3, -0.25) is 4.79 Å². The van der Waals surface area contributed by atoms with Crippen LogP contribution in [0.3, 0.4) is 0 Å². The zero-order valence-electron chi connectivity index (χ0n) is 13.9. The number of ether oxygens (including phenoxy) is 1. The van der Waals surface area contributed by atoms with E-state index in [9.17, 15) is 13.6 Å². The fraction of sp³-hybridized carbons (Fsp3) is 0.278. The number of rotatable bonds is 5. The van der Waals surface area contributed by atoms with Gasteiger partial charge in [0.15, 0.2) is 11.6 Å². The molecule has 1 aliphatic heterocycles. The highest BCUT2D eigenvalue weighted by Gasteiger charge is 2.16. The molecule has 8 heteroatoms. The molecule has 2 aromatic carbocycles. The Bertz CT molecular complexity index is 798. The number of nitrogens with zero attached hydrogens (tertiary/aromatic N) is 1. The summed E-state index contributed by atoms with van der Waals surface area (Å²) in [6, 6.07) is 8.63. The molecule has 3 rings (SSSR count). The van der Waals surface area contributed by atoms with Crippen molar-refractivity contribution >= 4 is 34.6 Å². The number of carbonyl (C=O) groups is 1. The van der Waals surface area contributed by atoms with Crippen molar-refractivity contribution in [2.24, 2.45) is 0 Å². The summed E-state index contributed by atoms with van der Waals surface area (Å²) in [6.45, 7) is 2.72. The van der Waals surface area contributed by atoms with Gasteiger partial charge in [0, 0.05) is 29.9 Å². The van der Waals surface area contributed by atoms with E-state index in [2.05, 4.69) is 15.5 Å². The summed E-state index contributed by atoms with van der Waals surface area (Å²) < 4.78 is 31.5. The molecule has 5 nitrogen and oxygen atoms in total. The lowest BCUT2D eigenvalue weighted by Gasteiger charge is -2.30. The third-order valence-electron chi connectivity index (χ3n) is 3.95. The Morgan fingerprint density at radius 3 is 2.62 bits per heavy atom. The summed E-state index contributed by atoms with van der Waals surface area (Å²) in [6.07, 6.45) is 0. The molecular weight excluding hydrogens is 364 g/mol. The van der Waals surface area contributed by atoms with Crippen LogP contribution in [0.2, 0.25) is 5.02 Å². The first-order valence-corrected chi connectivity index (χ1v) is 8.52. The average Bonchev–Trinajstić information content (AvgIpc) is 2.64. The molecule has 0 spiro atoms. The number of hydrogen-bond donors (Lipinski definition) is 2. The minimum absolute atomic E-state index is 0.0450. The highest BCUT2D eigenvalue weighted by molar-refractivity contribution is 6.31. The van der Waals surface area contributed by atoms with E-state index in [4.69, 9.17) is 16.3 Å². The molecule has 0 aliphatic carbocycles. The summed E-state index contributed by atoms with van der Waals surface area (Å²) in [5.41, 5.74) is 1.84. The minimum Gasteiger partial charge on any atom is -0.378 e. The van der Waals surface area contributed by atoms with Gasteiger partial charge >= 0.3 is 0 Å². The van der Waals surface area contributed by atoms with Gasteiger partial charge in [0.25, 0.3) is 0 Å². The summed E-state index contributed by atoms with van der Waals surface area (Å²) in [5.74, 6) is -2.36. The lowest BCUT2D eigenvalue weighted by atomic mass is 10.2. The Morgan fingerprint density at radius 1 is 1.12 bits per heavy atom. The summed E-state index contributed by atoms with van der Waals surface area (Å²) >= 11 is 6.07. The molecule has 2 aromatic rings. The van der Waals surface area contributed by atoms with Gasteiger partial charge in [-0.1, -0.05) is 11.6 Å². The van der Waals surface area contributed by atoms with Gasteiger partial charge < -0.3 is 20.3 Å².